The van der Waals surface area contributed by atoms with Gasteiger partial charge in [-0.25, -0.2) is 0 Å². The number of hydrogen-bond donors (Lipinski definition) is 1. The molecular weight excluding hydrogens is 304 g/mol. The molecule has 4 rings (SSSR count). The van der Waals surface area contributed by atoms with Gasteiger partial charge in [-0.1, -0.05) is 25.1 Å². The van der Waals surface area contributed by atoms with Crippen LogP contribution in [-0.4, -0.2) is 23.8 Å². The first-order valence-electron chi connectivity index (χ1n) is 8.13. The Bertz CT molecular complexity index is 881. The second-order valence-corrected chi connectivity index (χ2v) is 6.66. The number of hydrogen-bond acceptors (Lipinski definition) is 4. The fourth-order valence-electron chi connectivity index (χ4n) is 4.01. The molecule has 0 radical (unpaired) electrons. The summed E-state index contributed by atoms with van der Waals surface area (Å²) in [4.78, 5) is 26.1. The summed E-state index contributed by atoms with van der Waals surface area (Å²) in [6, 6.07) is 8.64. The van der Waals surface area contributed by atoms with Gasteiger partial charge in [-0.2, -0.15) is 0 Å². The highest BCUT2D eigenvalue weighted by molar-refractivity contribution is 6.30. The summed E-state index contributed by atoms with van der Waals surface area (Å²) in [5.41, 5.74) is 3.01. The molecule has 4 nitrogen and oxygen atoms in total. The van der Waals surface area contributed by atoms with Crippen molar-refractivity contribution in [2.24, 2.45) is 5.92 Å². The molecule has 0 aliphatic heterocycles. The minimum atomic E-state index is -0.706. The average Bonchev–Trinajstić information content (AvgIpc) is 2.57. The Labute approximate surface area is 140 Å². The summed E-state index contributed by atoms with van der Waals surface area (Å²) in [5, 5.41) is 10.6. The molecule has 2 aliphatic rings. The summed E-state index contributed by atoms with van der Waals surface area (Å²) in [6.45, 7) is 2.08. The van der Waals surface area contributed by atoms with Crippen LogP contribution in [0.4, 0.5) is 0 Å². The Hall–Kier alpha value is -2.46. The van der Waals surface area contributed by atoms with Crippen molar-refractivity contribution in [1.29, 1.82) is 0 Å². The lowest BCUT2D eigenvalue weighted by molar-refractivity contribution is 0.0963. The predicted octanol–water partition coefficient (Wildman–Crippen LogP) is 3.09. The number of fused-ring (bicyclic) bond motifs is 4. The minimum Gasteiger partial charge on any atom is -0.496 e. The quantitative estimate of drug-likeness (QED) is 0.748. The Morgan fingerprint density at radius 3 is 2.50 bits per heavy atom. The molecule has 2 aliphatic carbocycles. The molecule has 2 aromatic carbocycles. The maximum absolute atomic E-state index is 13.1. The van der Waals surface area contributed by atoms with Crippen LogP contribution in [0.25, 0.3) is 0 Å². The van der Waals surface area contributed by atoms with Crippen molar-refractivity contribution in [3.8, 4) is 5.75 Å². The van der Waals surface area contributed by atoms with Gasteiger partial charge < -0.3 is 9.84 Å². The second kappa shape index (κ2) is 5.28. The van der Waals surface area contributed by atoms with Crippen LogP contribution in [-0.2, 0) is 6.42 Å². The van der Waals surface area contributed by atoms with E-state index < -0.39 is 6.10 Å². The summed E-state index contributed by atoms with van der Waals surface area (Å²) in [5.74, 6) is 0.338. The molecule has 0 fully saturated rings. The number of ether oxygens (including phenoxy) is 1. The zero-order valence-electron chi connectivity index (χ0n) is 13.6. The van der Waals surface area contributed by atoms with Crippen LogP contribution < -0.4 is 4.74 Å². The first kappa shape index (κ1) is 15.1. The topological polar surface area (TPSA) is 63.6 Å². The first-order chi connectivity index (χ1) is 11.5. The third-order valence-electron chi connectivity index (χ3n) is 5.05. The lowest BCUT2D eigenvalue weighted by Gasteiger charge is -2.31. The number of rotatable bonds is 1. The van der Waals surface area contributed by atoms with Crippen LogP contribution in [0.5, 0.6) is 5.75 Å². The molecule has 2 atom stereocenters. The van der Waals surface area contributed by atoms with E-state index in [9.17, 15) is 14.7 Å². The van der Waals surface area contributed by atoms with Crippen molar-refractivity contribution in [2.75, 3.05) is 7.11 Å². The first-order valence-corrected chi connectivity index (χ1v) is 8.13. The molecule has 0 bridgehead atoms. The van der Waals surface area contributed by atoms with Crippen molar-refractivity contribution in [2.45, 2.75) is 25.9 Å². The van der Waals surface area contributed by atoms with Crippen LogP contribution in [0.1, 0.15) is 62.4 Å². The normalized spacial score (nSPS) is 21.8. The minimum absolute atomic E-state index is 0.205. The molecule has 0 spiro atoms. The molecule has 2 aromatic rings. The third-order valence-corrected chi connectivity index (χ3v) is 5.05. The lowest BCUT2D eigenvalue weighted by atomic mass is 9.74. The monoisotopic (exact) mass is 322 g/mol. The Morgan fingerprint density at radius 2 is 1.75 bits per heavy atom. The molecule has 0 saturated heterocycles. The van der Waals surface area contributed by atoms with Gasteiger partial charge in [-0.3, -0.25) is 9.59 Å². The van der Waals surface area contributed by atoms with E-state index in [-0.39, 0.29) is 11.6 Å². The number of benzene rings is 2. The number of carbonyl (C=O) groups is 2. The average molecular weight is 322 g/mol. The van der Waals surface area contributed by atoms with Gasteiger partial charge in [0.25, 0.3) is 0 Å². The van der Waals surface area contributed by atoms with Crippen molar-refractivity contribution < 1.29 is 19.4 Å². The van der Waals surface area contributed by atoms with Gasteiger partial charge in [0.15, 0.2) is 11.6 Å². The highest BCUT2D eigenvalue weighted by Crippen LogP contribution is 2.41. The van der Waals surface area contributed by atoms with Crippen molar-refractivity contribution in [3.63, 3.8) is 0 Å². The highest BCUT2D eigenvalue weighted by atomic mass is 16.5. The van der Waals surface area contributed by atoms with E-state index in [2.05, 4.69) is 6.92 Å². The van der Waals surface area contributed by atoms with E-state index in [4.69, 9.17) is 4.74 Å². The zero-order valence-corrected chi connectivity index (χ0v) is 13.6. The number of aliphatic hydroxyl groups is 1. The van der Waals surface area contributed by atoms with E-state index in [0.29, 0.717) is 45.9 Å². The van der Waals surface area contributed by atoms with E-state index >= 15 is 0 Å². The number of methoxy groups -OCH3 is 1. The Morgan fingerprint density at radius 1 is 1.04 bits per heavy atom. The largest absolute Gasteiger partial charge is 0.496 e. The number of ketones is 2. The molecule has 4 heteroatoms. The molecule has 0 heterocycles. The number of carbonyl (C=O) groups excluding carboxylic acids is 2. The summed E-state index contributed by atoms with van der Waals surface area (Å²) >= 11 is 0. The summed E-state index contributed by atoms with van der Waals surface area (Å²) < 4.78 is 5.27. The smallest absolute Gasteiger partial charge is 0.198 e. The van der Waals surface area contributed by atoms with Gasteiger partial charge in [0, 0.05) is 16.7 Å². The maximum Gasteiger partial charge on any atom is 0.198 e. The molecule has 1 N–H and O–H groups in total. The van der Waals surface area contributed by atoms with Gasteiger partial charge in [0.2, 0.25) is 0 Å². The molecule has 122 valence electrons. The molecular formula is C20H18O4. The fourth-order valence-corrected chi connectivity index (χ4v) is 4.01. The van der Waals surface area contributed by atoms with Crippen LogP contribution in [0.2, 0.25) is 0 Å². The van der Waals surface area contributed by atoms with Gasteiger partial charge in [0.05, 0.1) is 18.8 Å². The van der Waals surface area contributed by atoms with Crippen LogP contribution in [0, 0.1) is 5.92 Å². The maximum atomic E-state index is 13.1. The fraction of sp³-hybridized carbons (Fsp3) is 0.300. The van der Waals surface area contributed by atoms with E-state index in [1.54, 1.807) is 24.3 Å². The van der Waals surface area contributed by atoms with Crippen molar-refractivity contribution in [3.05, 3.63) is 63.7 Å². The highest BCUT2D eigenvalue weighted by Gasteiger charge is 2.37. The standard InChI is InChI=1S/C20H18O4/c1-10-8-11-6-7-13-18(16(11)14(21)9-10)20(23)12-4-3-5-15(24-2)17(12)19(13)22/h3-7,10,14,21H,8-9H2,1-2H3/t10-,14+/m0/s1. The van der Waals surface area contributed by atoms with Gasteiger partial charge >= 0.3 is 0 Å². The van der Waals surface area contributed by atoms with Crippen LogP contribution >= 0.6 is 0 Å². The predicted molar refractivity (Wildman–Crippen MR) is 88.7 cm³/mol. The molecule has 0 unspecified atom stereocenters. The van der Waals surface area contributed by atoms with E-state index in [0.717, 1.165) is 12.0 Å². The molecule has 0 saturated carbocycles. The van der Waals surface area contributed by atoms with Gasteiger partial charge in [-0.15, -0.1) is 0 Å². The van der Waals surface area contributed by atoms with Crippen molar-refractivity contribution >= 4 is 11.6 Å². The molecule has 0 amide bonds. The van der Waals surface area contributed by atoms with Crippen LogP contribution in [0.3, 0.4) is 0 Å². The number of aliphatic hydroxyl groups excluding tert-OH is 1. The van der Waals surface area contributed by atoms with Gasteiger partial charge in [-0.05, 0) is 42.0 Å². The van der Waals surface area contributed by atoms with Gasteiger partial charge in [0.1, 0.15) is 5.75 Å². The lowest BCUT2D eigenvalue weighted by Crippen LogP contribution is -2.27. The molecule has 24 heavy (non-hydrogen) atoms. The Balaban J connectivity index is 1.99. The van der Waals surface area contributed by atoms with E-state index in [1.807, 2.05) is 6.07 Å². The van der Waals surface area contributed by atoms with E-state index in [1.165, 1.54) is 7.11 Å². The van der Waals surface area contributed by atoms with Crippen molar-refractivity contribution in [1.82, 2.24) is 0 Å². The SMILES string of the molecule is COc1cccc2c1C(=O)c1ccc3c(c1C2=O)[C@H](O)C[C@@H](C)C3. The Kier molecular flexibility index (Phi) is 3.32. The summed E-state index contributed by atoms with van der Waals surface area (Å²) in [7, 11) is 1.49. The zero-order chi connectivity index (χ0) is 17.0. The van der Waals surface area contributed by atoms with Crippen LogP contribution in [0.15, 0.2) is 30.3 Å². The second-order valence-electron chi connectivity index (χ2n) is 6.66. The molecule has 0 aromatic heterocycles. The third kappa shape index (κ3) is 1.96. The summed E-state index contributed by atoms with van der Waals surface area (Å²) in [6.07, 6.45) is 0.713.